The summed E-state index contributed by atoms with van der Waals surface area (Å²) in [5, 5.41) is 9.40. The highest BCUT2D eigenvalue weighted by atomic mass is 16.1. The van der Waals surface area contributed by atoms with Crippen LogP contribution in [0.2, 0.25) is 0 Å². The maximum absolute atomic E-state index is 12.8. The van der Waals surface area contributed by atoms with Gasteiger partial charge < -0.3 is 4.98 Å². The van der Waals surface area contributed by atoms with Crippen molar-refractivity contribution >= 4 is 0 Å². The molecule has 1 unspecified atom stereocenters. The molecule has 4 rings (SSSR count). The predicted octanol–water partition coefficient (Wildman–Crippen LogP) is 4.00. The van der Waals surface area contributed by atoms with Crippen LogP contribution >= 0.6 is 0 Å². The molecule has 0 amide bonds. The van der Waals surface area contributed by atoms with Crippen LogP contribution in [-0.2, 0) is 0 Å². The summed E-state index contributed by atoms with van der Waals surface area (Å²) in [5.74, 6) is -0.517. The Bertz CT molecular complexity index is 1160. The largest absolute Gasteiger partial charge is 0.329 e. The Hall–Kier alpha value is -4.04. The molecule has 0 aliphatic carbocycles. The molecule has 0 fully saturated rings. The highest BCUT2D eigenvalue weighted by molar-refractivity contribution is 5.45. The second-order valence-corrected chi connectivity index (χ2v) is 6.72. The van der Waals surface area contributed by atoms with Crippen LogP contribution in [0.4, 0.5) is 0 Å². The Kier molecular flexibility index (Phi) is 5.26. The fraction of sp³-hybridized carbons (Fsp3) is 0.0833. The lowest BCUT2D eigenvalue weighted by Crippen LogP contribution is -2.22. The van der Waals surface area contributed by atoms with Crippen molar-refractivity contribution in [3.05, 3.63) is 130 Å². The van der Waals surface area contributed by atoms with E-state index < -0.39 is 0 Å². The number of nitriles is 1. The summed E-state index contributed by atoms with van der Waals surface area (Å²) in [5.41, 5.74) is 3.85. The van der Waals surface area contributed by atoms with Crippen molar-refractivity contribution < 1.29 is 0 Å². The second kappa shape index (κ2) is 8.32. The zero-order valence-electron chi connectivity index (χ0n) is 15.6. The number of H-pyrrole nitrogens is 1. The van der Waals surface area contributed by atoms with Crippen molar-refractivity contribution in [3.63, 3.8) is 0 Å². The monoisotopic (exact) mass is 378 g/mol. The molecule has 3 heterocycles. The van der Waals surface area contributed by atoms with Crippen LogP contribution in [0.25, 0.3) is 0 Å². The van der Waals surface area contributed by atoms with Gasteiger partial charge in [-0.2, -0.15) is 5.26 Å². The number of pyridine rings is 3. The molecule has 5 heteroatoms. The van der Waals surface area contributed by atoms with E-state index in [9.17, 15) is 10.1 Å². The van der Waals surface area contributed by atoms with Gasteiger partial charge in [-0.15, -0.1) is 0 Å². The molecule has 29 heavy (non-hydrogen) atoms. The predicted molar refractivity (Wildman–Crippen MR) is 110 cm³/mol. The first-order valence-corrected chi connectivity index (χ1v) is 9.25. The summed E-state index contributed by atoms with van der Waals surface area (Å²) >= 11 is 0. The van der Waals surface area contributed by atoms with Gasteiger partial charge in [0.1, 0.15) is 0 Å². The minimum Gasteiger partial charge on any atom is -0.329 e. The summed E-state index contributed by atoms with van der Waals surface area (Å²) < 4.78 is 0. The zero-order chi connectivity index (χ0) is 20.1. The Balaban J connectivity index is 2.00. The van der Waals surface area contributed by atoms with E-state index in [1.54, 1.807) is 24.7 Å². The van der Waals surface area contributed by atoms with Gasteiger partial charge in [-0.25, -0.2) is 0 Å². The minimum atomic E-state index is -0.318. The number of hydrogen-bond donors (Lipinski definition) is 1. The van der Waals surface area contributed by atoms with Gasteiger partial charge in [0.05, 0.1) is 11.6 Å². The second-order valence-electron chi connectivity index (χ2n) is 6.72. The molecule has 1 aromatic carbocycles. The molecule has 5 nitrogen and oxygen atoms in total. The van der Waals surface area contributed by atoms with E-state index in [0.717, 1.165) is 16.7 Å². The number of rotatable bonds is 5. The average Bonchev–Trinajstić information content (AvgIpc) is 2.79. The lowest BCUT2D eigenvalue weighted by Gasteiger charge is -2.28. The molecule has 1 atom stereocenters. The molecular weight excluding hydrogens is 360 g/mol. The van der Waals surface area contributed by atoms with Gasteiger partial charge in [-0.05, 0) is 47.0 Å². The number of hydrogen-bond acceptors (Lipinski definition) is 4. The van der Waals surface area contributed by atoms with Gasteiger partial charge in [-0.3, -0.25) is 14.8 Å². The van der Waals surface area contributed by atoms with Gasteiger partial charge in [0.15, 0.2) is 0 Å². The SMILES string of the molecule is N#Cc1cccc(C(c2ccc[nH]c2=O)C(c2cccnc2)c2cccnc2)c1. The molecule has 0 bridgehead atoms. The number of nitrogens with one attached hydrogen (secondary N) is 1. The third-order valence-electron chi connectivity index (χ3n) is 4.98. The molecule has 0 aliphatic heterocycles. The van der Waals surface area contributed by atoms with Crippen molar-refractivity contribution in [1.82, 2.24) is 15.0 Å². The molecule has 4 aromatic rings. The molecule has 1 N–H and O–H groups in total. The Labute approximate surface area is 168 Å². The van der Waals surface area contributed by atoms with Crippen LogP contribution in [0, 0.1) is 11.3 Å². The summed E-state index contributed by atoms with van der Waals surface area (Å²) in [6.07, 6.45) is 8.71. The smallest absolute Gasteiger partial charge is 0.251 e. The third kappa shape index (κ3) is 3.83. The Morgan fingerprint density at radius 3 is 2.10 bits per heavy atom. The van der Waals surface area contributed by atoms with Crippen LogP contribution in [0.5, 0.6) is 0 Å². The summed E-state index contributed by atoms with van der Waals surface area (Å²) in [7, 11) is 0. The lowest BCUT2D eigenvalue weighted by molar-refractivity contribution is 0.680. The maximum Gasteiger partial charge on any atom is 0.251 e. The zero-order valence-corrected chi connectivity index (χ0v) is 15.6. The van der Waals surface area contributed by atoms with Crippen LogP contribution in [0.1, 0.15) is 39.7 Å². The maximum atomic E-state index is 12.8. The van der Waals surface area contributed by atoms with Gasteiger partial charge in [-0.1, -0.05) is 30.3 Å². The van der Waals surface area contributed by atoms with Crippen LogP contribution in [-0.4, -0.2) is 15.0 Å². The van der Waals surface area contributed by atoms with Crippen molar-refractivity contribution in [2.75, 3.05) is 0 Å². The fourth-order valence-corrected chi connectivity index (χ4v) is 3.73. The van der Waals surface area contributed by atoms with Crippen molar-refractivity contribution in [2.24, 2.45) is 0 Å². The topological polar surface area (TPSA) is 82.4 Å². The van der Waals surface area contributed by atoms with Crippen molar-refractivity contribution in [1.29, 1.82) is 5.26 Å². The highest BCUT2D eigenvalue weighted by Crippen LogP contribution is 2.41. The Morgan fingerprint density at radius 2 is 1.52 bits per heavy atom. The molecule has 140 valence electrons. The minimum absolute atomic E-state index is 0.155. The summed E-state index contributed by atoms with van der Waals surface area (Å²) in [6.45, 7) is 0. The van der Waals surface area contributed by atoms with Crippen LogP contribution in [0.3, 0.4) is 0 Å². The first-order valence-electron chi connectivity index (χ1n) is 9.25. The summed E-state index contributed by atoms with van der Waals surface area (Å²) in [4.78, 5) is 24.2. The van der Waals surface area contributed by atoms with E-state index >= 15 is 0 Å². The van der Waals surface area contributed by atoms with Gasteiger partial charge in [0.2, 0.25) is 0 Å². The first-order chi connectivity index (χ1) is 14.3. The first kappa shape index (κ1) is 18.3. The van der Waals surface area contributed by atoms with Gasteiger partial charge in [0, 0.05) is 48.4 Å². The summed E-state index contributed by atoms with van der Waals surface area (Å²) in [6, 6.07) is 21.0. The normalized spacial score (nSPS) is 11.7. The third-order valence-corrected chi connectivity index (χ3v) is 4.98. The van der Waals surface area contributed by atoms with E-state index in [4.69, 9.17) is 0 Å². The Morgan fingerprint density at radius 1 is 0.828 bits per heavy atom. The van der Waals surface area contributed by atoms with Crippen molar-refractivity contribution in [3.8, 4) is 6.07 Å². The van der Waals surface area contributed by atoms with Crippen LogP contribution in [0.15, 0.2) is 96.4 Å². The number of aromatic amines is 1. The molecule has 0 saturated carbocycles. The molecule has 3 aromatic heterocycles. The van der Waals surface area contributed by atoms with E-state index in [2.05, 4.69) is 21.0 Å². The van der Waals surface area contributed by atoms with E-state index in [1.165, 1.54) is 0 Å². The van der Waals surface area contributed by atoms with Crippen molar-refractivity contribution in [2.45, 2.75) is 11.8 Å². The van der Waals surface area contributed by atoms with E-state index in [1.807, 2.05) is 67.0 Å². The standard InChI is InChI=1S/C24H18N4O/c25-14-17-5-1-6-18(13-17)23(21-9-4-12-28-24(21)29)22(19-7-2-10-26-15-19)20-8-3-11-27-16-20/h1-13,15-16,22-23H,(H,28,29). The quantitative estimate of drug-likeness (QED) is 0.569. The van der Waals surface area contributed by atoms with Gasteiger partial charge in [0.25, 0.3) is 5.56 Å². The fourth-order valence-electron chi connectivity index (χ4n) is 3.73. The van der Waals surface area contributed by atoms with E-state index in [-0.39, 0.29) is 17.4 Å². The molecular formula is C24H18N4O. The lowest BCUT2D eigenvalue weighted by atomic mass is 9.74. The molecule has 0 radical (unpaired) electrons. The highest BCUT2D eigenvalue weighted by Gasteiger charge is 2.30. The number of aromatic nitrogens is 3. The average molecular weight is 378 g/mol. The molecule has 0 saturated heterocycles. The number of benzene rings is 1. The number of nitrogens with zero attached hydrogens (tertiary/aromatic N) is 3. The molecule has 0 aliphatic rings. The van der Waals surface area contributed by atoms with Crippen LogP contribution < -0.4 is 5.56 Å². The molecule has 0 spiro atoms. The van der Waals surface area contributed by atoms with E-state index in [0.29, 0.717) is 11.1 Å². The van der Waals surface area contributed by atoms with Gasteiger partial charge >= 0.3 is 0 Å².